The van der Waals surface area contributed by atoms with Crippen LogP contribution in [0.2, 0.25) is 0 Å². The fraction of sp³-hybridized carbons (Fsp3) is 1.00. The third-order valence-electron chi connectivity index (χ3n) is 2.19. The standard InChI is InChI=1S/C10H22O4/c11-6-2-1-4-9(13)8-10(14)5-3-7-12/h9-14H,1-8H2. The Morgan fingerprint density at radius 1 is 0.714 bits per heavy atom. The molecule has 0 spiro atoms. The first kappa shape index (κ1) is 13.8. The predicted molar refractivity (Wildman–Crippen MR) is 53.9 cm³/mol. The minimum absolute atomic E-state index is 0.0810. The van der Waals surface area contributed by atoms with Gasteiger partial charge in [0.25, 0.3) is 0 Å². The zero-order chi connectivity index (χ0) is 10.8. The Morgan fingerprint density at radius 2 is 1.21 bits per heavy atom. The van der Waals surface area contributed by atoms with Crippen molar-refractivity contribution in [3.63, 3.8) is 0 Å². The summed E-state index contributed by atoms with van der Waals surface area (Å²) in [5, 5.41) is 35.9. The molecule has 86 valence electrons. The van der Waals surface area contributed by atoms with Gasteiger partial charge in [0, 0.05) is 13.2 Å². The van der Waals surface area contributed by atoms with Crippen LogP contribution in [-0.4, -0.2) is 45.8 Å². The number of hydrogen-bond acceptors (Lipinski definition) is 4. The summed E-state index contributed by atoms with van der Waals surface area (Å²) < 4.78 is 0. The van der Waals surface area contributed by atoms with E-state index in [9.17, 15) is 10.2 Å². The number of unbranched alkanes of at least 4 members (excludes halogenated alkanes) is 1. The van der Waals surface area contributed by atoms with E-state index in [4.69, 9.17) is 10.2 Å². The molecule has 2 atom stereocenters. The van der Waals surface area contributed by atoms with Crippen LogP contribution >= 0.6 is 0 Å². The molecule has 0 saturated heterocycles. The smallest absolute Gasteiger partial charge is 0.0565 e. The van der Waals surface area contributed by atoms with Crippen LogP contribution in [0.1, 0.15) is 38.5 Å². The molecule has 0 aliphatic carbocycles. The van der Waals surface area contributed by atoms with Gasteiger partial charge in [0.15, 0.2) is 0 Å². The van der Waals surface area contributed by atoms with Crippen LogP contribution in [0.25, 0.3) is 0 Å². The highest BCUT2D eigenvalue weighted by Crippen LogP contribution is 2.10. The first-order valence-electron chi connectivity index (χ1n) is 5.28. The molecule has 0 heterocycles. The second-order valence-corrected chi connectivity index (χ2v) is 3.63. The van der Waals surface area contributed by atoms with Gasteiger partial charge in [-0.15, -0.1) is 0 Å². The summed E-state index contributed by atoms with van der Waals surface area (Å²) in [6.07, 6.45) is 2.57. The molecule has 0 rings (SSSR count). The lowest BCUT2D eigenvalue weighted by Gasteiger charge is -2.14. The van der Waals surface area contributed by atoms with E-state index >= 15 is 0 Å². The van der Waals surface area contributed by atoms with Crippen LogP contribution in [0.5, 0.6) is 0 Å². The van der Waals surface area contributed by atoms with Crippen LogP contribution in [0.3, 0.4) is 0 Å². The normalized spacial score (nSPS) is 15.4. The van der Waals surface area contributed by atoms with Gasteiger partial charge in [-0.1, -0.05) is 0 Å². The van der Waals surface area contributed by atoms with E-state index in [-0.39, 0.29) is 13.2 Å². The summed E-state index contributed by atoms with van der Waals surface area (Å²) in [6.45, 7) is 0.234. The number of hydrogen-bond donors (Lipinski definition) is 4. The minimum atomic E-state index is -0.522. The lowest BCUT2D eigenvalue weighted by molar-refractivity contribution is 0.0647. The van der Waals surface area contributed by atoms with Crippen molar-refractivity contribution in [1.82, 2.24) is 0 Å². The van der Waals surface area contributed by atoms with Gasteiger partial charge >= 0.3 is 0 Å². The molecule has 0 aliphatic heterocycles. The fourth-order valence-electron chi connectivity index (χ4n) is 1.37. The summed E-state index contributed by atoms with van der Waals surface area (Å²) >= 11 is 0. The Kier molecular flexibility index (Phi) is 9.29. The first-order valence-corrected chi connectivity index (χ1v) is 5.28. The molecule has 2 unspecified atom stereocenters. The van der Waals surface area contributed by atoms with E-state index in [0.29, 0.717) is 32.1 Å². The average Bonchev–Trinajstić information content (AvgIpc) is 2.15. The van der Waals surface area contributed by atoms with Crippen molar-refractivity contribution in [3.05, 3.63) is 0 Å². The van der Waals surface area contributed by atoms with Crippen molar-refractivity contribution in [2.24, 2.45) is 0 Å². The molecule has 0 radical (unpaired) electrons. The van der Waals surface area contributed by atoms with Crippen LogP contribution in [0.15, 0.2) is 0 Å². The molecule has 14 heavy (non-hydrogen) atoms. The van der Waals surface area contributed by atoms with Gasteiger partial charge in [0.05, 0.1) is 12.2 Å². The molecule has 0 aromatic heterocycles. The molecule has 0 fully saturated rings. The van der Waals surface area contributed by atoms with Crippen molar-refractivity contribution in [2.75, 3.05) is 13.2 Å². The van der Waals surface area contributed by atoms with Gasteiger partial charge in [0.2, 0.25) is 0 Å². The highest BCUT2D eigenvalue weighted by Gasteiger charge is 2.10. The van der Waals surface area contributed by atoms with Crippen LogP contribution in [0, 0.1) is 0 Å². The fourth-order valence-corrected chi connectivity index (χ4v) is 1.37. The molecule has 0 bridgehead atoms. The Morgan fingerprint density at radius 3 is 1.71 bits per heavy atom. The van der Waals surface area contributed by atoms with Gasteiger partial charge in [-0.2, -0.15) is 0 Å². The quantitative estimate of drug-likeness (QED) is 0.401. The van der Waals surface area contributed by atoms with Crippen molar-refractivity contribution in [1.29, 1.82) is 0 Å². The third-order valence-corrected chi connectivity index (χ3v) is 2.19. The molecular formula is C10H22O4. The molecule has 0 aromatic rings. The van der Waals surface area contributed by atoms with Crippen LogP contribution in [0.4, 0.5) is 0 Å². The van der Waals surface area contributed by atoms with Crippen molar-refractivity contribution < 1.29 is 20.4 Å². The first-order chi connectivity index (χ1) is 6.70. The van der Waals surface area contributed by atoms with Gasteiger partial charge in [-0.05, 0) is 38.5 Å². The molecule has 0 aromatic carbocycles. The summed E-state index contributed by atoms with van der Waals surface area (Å²) in [5.41, 5.74) is 0. The molecule has 0 amide bonds. The Bertz CT molecular complexity index is 119. The second kappa shape index (κ2) is 9.40. The maximum atomic E-state index is 9.44. The zero-order valence-electron chi connectivity index (χ0n) is 8.60. The van der Waals surface area contributed by atoms with Gasteiger partial charge < -0.3 is 20.4 Å². The minimum Gasteiger partial charge on any atom is -0.396 e. The Labute approximate surface area is 85.2 Å². The molecule has 0 aliphatic rings. The van der Waals surface area contributed by atoms with Gasteiger partial charge in [-0.3, -0.25) is 0 Å². The highest BCUT2D eigenvalue weighted by atomic mass is 16.3. The average molecular weight is 206 g/mol. The summed E-state index contributed by atoms with van der Waals surface area (Å²) in [5.74, 6) is 0. The molecular weight excluding hydrogens is 184 g/mol. The lowest BCUT2D eigenvalue weighted by atomic mass is 10.0. The molecule has 4 heteroatoms. The lowest BCUT2D eigenvalue weighted by Crippen LogP contribution is -2.18. The largest absolute Gasteiger partial charge is 0.396 e. The maximum absolute atomic E-state index is 9.44. The Hall–Kier alpha value is -0.160. The van der Waals surface area contributed by atoms with E-state index in [1.54, 1.807) is 0 Å². The van der Waals surface area contributed by atoms with E-state index in [1.807, 2.05) is 0 Å². The number of aliphatic hydroxyl groups is 4. The zero-order valence-corrected chi connectivity index (χ0v) is 8.60. The molecule has 4 N–H and O–H groups in total. The molecule has 0 saturated carbocycles. The van der Waals surface area contributed by atoms with Crippen LogP contribution < -0.4 is 0 Å². The Balaban J connectivity index is 3.35. The third kappa shape index (κ3) is 8.44. The number of aliphatic hydroxyl groups excluding tert-OH is 4. The SMILES string of the molecule is OCCCCC(O)CC(O)CCCO. The topological polar surface area (TPSA) is 80.9 Å². The van der Waals surface area contributed by atoms with Crippen molar-refractivity contribution >= 4 is 0 Å². The number of rotatable bonds is 9. The van der Waals surface area contributed by atoms with Crippen molar-refractivity contribution in [2.45, 2.75) is 50.7 Å². The summed E-state index contributed by atoms with van der Waals surface area (Å²) in [4.78, 5) is 0. The van der Waals surface area contributed by atoms with E-state index in [1.165, 1.54) is 0 Å². The van der Waals surface area contributed by atoms with E-state index < -0.39 is 12.2 Å². The summed E-state index contributed by atoms with van der Waals surface area (Å²) in [6, 6.07) is 0. The monoisotopic (exact) mass is 206 g/mol. The van der Waals surface area contributed by atoms with Gasteiger partial charge in [-0.25, -0.2) is 0 Å². The predicted octanol–water partition coefficient (Wildman–Crippen LogP) is 0.0334. The summed E-state index contributed by atoms with van der Waals surface area (Å²) in [7, 11) is 0. The second-order valence-electron chi connectivity index (χ2n) is 3.63. The van der Waals surface area contributed by atoms with E-state index in [0.717, 1.165) is 6.42 Å². The maximum Gasteiger partial charge on any atom is 0.0565 e. The highest BCUT2D eigenvalue weighted by molar-refractivity contribution is 4.63. The molecule has 4 nitrogen and oxygen atoms in total. The van der Waals surface area contributed by atoms with Crippen molar-refractivity contribution in [3.8, 4) is 0 Å². The van der Waals surface area contributed by atoms with Gasteiger partial charge in [0.1, 0.15) is 0 Å². The van der Waals surface area contributed by atoms with E-state index in [2.05, 4.69) is 0 Å². The van der Waals surface area contributed by atoms with Crippen LogP contribution in [-0.2, 0) is 0 Å².